The highest BCUT2D eigenvalue weighted by molar-refractivity contribution is 5.96. The van der Waals surface area contributed by atoms with E-state index >= 15 is 0 Å². The minimum absolute atomic E-state index is 0.122. The molecule has 2 rings (SSSR count). The van der Waals surface area contributed by atoms with E-state index in [1.807, 2.05) is 6.07 Å². The summed E-state index contributed by atoms with van der Waals surface area (Å²) in [5.74, 6) is 0.585. The van der Waals surface area contributed by atoms with E-state index in [4.69, 9.17) is 4.74 Å². The molecule has 0 aliphatic carbocycles. The van der Waals surface area contributed by atoms with Crippen molar-refractivity contribution in [3.63, 3.8) is 0 Å². The summed E-state index contributed by atoms with van der Waals surface area (Å²) >= 11 is 0. The van der Waals surface area contributed by atoms with Crippen LogP contribution in [0, 0.1) is 0 Å². The zero-order chi connectivity index (χ0) is 13.8. The zero-order valence-corrected chi connectivity index (χ0v) is 11.2. The number of methoxy groups -OCH3 is 1. The molecule has 0 aromatic heterocycles. The van der Waals surface area contributed by atoms with Crippen LogP contribution in [0.25, 0.3) is 0 Å². The molecule has 1 aromatic carbocycles. The molecule has 0 saturated carbocycles. The Kier molecular flexibility index (Phi) is 4.04. The Hall–Kier alpha value is -2.04. The average molecular weight is 262 g/mol. The summed E-state index contributed by atoms with van der Waals surface area (Å²) in [7, 11) is 1.56. The van der Waals surface area contributed by atoms with Crippen LogP contribution in [0.2, 0.25) is 0 Å². The first-order valence-corrected chi connectivity index (χ1v) is 6.38. The van der Waals surface area contributed by atoms with Crippen LogP contribution in [0.3, 0.4) is 0 Å². The van der Waals surface area contributed by atoms with Gasteiger partial charge in [-0.15, -0.1) is 0 Å². The Labute approximate surface area is 112 Å². The third-order valence-electron chi connectivity index (χ3n) is 3.11. The minimum Gasteiger partial charge on any atom is -0.494 e. The number of carbonyl (C=O) groups is 2. The van der Waals surface area contributed by atoms with E-state index in [1.165, 1.54) is 6.92 Å². The van der Waals surface area contributed by atoms with Crippen LogP contribution in [0.1, 0.15) is 26.2 Å². The van der Waals surface area contributed by atoms with E-state index in [0.29, 0.717) is 24.4 Å². The van der Waals surface area contributed by atoms with Crippen LogP contribution in [0.4, 0.5) is 11.4 Å². The van der Waals surface area contributed by atoms with Gasteiger partial charge in [-0.3, -0.25) is 9.59 Å². The lowest BCUT2D eigenvalue weighted by Gasteiger charge is -2.28. The molecular formula is C14H18N2O3. The highest BCUT2D eigenvalue weighted by atomic mass is 16.5. The predicted molar refractivity (Wildman–Crippen MR) is 73.5 cm³/mol. The second kappa shape index (κ2) is 5.73. The second-order valence-electron chi connectivity index (χ2n) is 4.57. The Bertz CT molecular complexity index is 499. The topological polar surface area (TPSA) is 58.6 Å². The van der Waals surface area contributed by atoms with Crippen molar-refractivity contribution in [2.45, 2.75) is 26.2 Å². The van der Waals surface area contributed by atoms with Crippen molar-refractivity contribution in [2.24, 2.45) is 0 Å². The fourth-order valence-electron chi connectivity index (χ4n) is 2.24. The summed E-state index contributed by atoms with van der Waals surface area (Å²) in [6.45, 7) is 2.17. The third kappa shape index (κ3) is 3.05. The van der Waals surface area contributed by atoms with Gasteiger partial charge in [0.2, 0.25) is 11.8 Å². The van der Waals surface area contributed by atoms with Crippen LogP contribution in [0.15, 0.2) is 18.2 Å². The quantitative estimate of drug-likeness (QED) is 0.908. The lowest BCUT2D eigenvalue weighted by atomic mass is 10.1. The molecule has 0 bridgehead atoms. The molecule has 1 aromatic rings. The normalized spacial score (nSPS) is 15.3. The van der Waals surface area contributed by atoms with Crippen molar-refractivity contribution >= 4 is 23.2 Å². The molecule has 1 N–H and O–H groups in total. The molecule has 0 atom stereocenters. The van der Waals surface area contributed by atoms with E-state index in [2.05, 4.69) is 5.32 Å². The summed E-state index contributed by atoms with van der Waals surface area (Å²) in [5.41, 5.74) is 1.43. The fourth-order valence-corrected chi connectivity index (χ4v) is 2.24. The third-order valence-corrected chi connectivity index (χ3v) is 3.11. The predicted octanol–water partition coefficient (Wildman–Crippen LogP) is 2.17. The van der Waals surface area contributed by atoms with Gasteiger partial charge in [0.15, 0.2) is 0 Å². The molecular weight excluding hydrogens is 244 g/mol. The molecule has 1 heterocycles. The smallest absolute Gasteiger partial charge is 0.227 e. The minimum atomic E-state index is -0.135. The monoisotopic (exact) mass is 262 g/mol. The van der Waals surface area contributed by atoms with E-state index in [1.54, 1.807) is 24.1 Å². The van der Waals surface area contributed by atoms with Crippen LogP contribution in [0.5, 0.6) is 5.75 Å². The molecule has 1 aliphatic rings. The van der Waals surface area contributed by atoms with Crippen molar-refractivity contribution in [3.05, 3.63) is 18.2 Å². The Morgan fingerprint density at radius 1 is 1.37 bits per heavy atom. The van der Waals surface area contributed by atoms with Crippen molar-refractivity contribution in [2.75, 3.05) is 23.9 Å². The van der Waals surface area contributed by atoms with Gasteiger partial charge < -0.3 is 15.0 Å². The average Bonchev–Trinajstić information content (AvgIpc) is 2.39. The maximum Gasteiger partial charge on any atom is 0.227 e. The Morgan fingerprint density at radius 3 is 2.79 bits per heavy atom. The number of ether oxygens (including phenoxy) is 1. The maximum absolute atomic E-state index is 11.9. The first-order valence-electron chi connectivity index (χ1n) is 6.38. The molecule has 5 heteroatoms. The largest absolute Gasteiger partial charge is 0.494 e. The maximum atomic E-state index is 11.9. The van der Waals surface area contributed by atoms with Crippen LogP contribution < -0.4 is 15.0 Å². The highest BCUT2D eigenvalue weighted by Gasteiger charge is 2.22. The molecule has 1 fully saturated rings. The Balaban J connectivity index is 2.29. The van der Waals surface area contributed by atoms with E-state index in [0.717, 1.165) is 18.5 Å². The Morgan fingerprint density at radius 2 is 2.16 bits per heavy atom. The van der Waals surface area contributed by atoms with Gasteiger partial charge in [0.25, 0.3) is 0 Å². The lowest BCUT2D eigenvalue weighted by molar-refractivity contribution is -0.119. The number of anilines is 2. The van der Waals surface area contributed by atoms with Crippen molar-refractivity contribution < 1.29 is 14.3 Å². The molecule has 0 unspecified atom stereocenters. The van der Waals surface area contributed by atoms with Gasteiger partial charge in [-0.25, -0.2) is 0 Å². The van der Waals surface area contributed by atoms with Crippen LogP contribution in [-0.4, -0.2) is 25.5 Å². The number of rotatable bonds is 3. The van der Waals surface area contributed by atoms with Gasteiger partial charge in [0.1, 0.15) is 5.75 Å². The van der Waals surface area contributed by atoms with Crippen LogP contribution in [-0.2, 0) is 9.59 Å². The number of hydrogen-bond acceptors (Lipinski definition) is 3. The van der Waals surface area contributed by atoms with Crippen molar-refractivity contribution in [1.29, 1.82) is 0 Å². The van der Waals surface area contributed by atoms with Gasteiger partial charge in [-0.1, -0.05) is 0 Å². The number of carbonyl (C=O) groups excluding carboxylic acids is 2. The second-order valence-corrected chi connectivity index (χ2v) is 4.57. The van der Waals surface area contributed by atoms with Crippen LogP contribution >= 0.6 is 0 Å². The first-order chi connectivity index (χ1) is 9.11. The number of nitrogens with zero attached hydrogens (tertiary/aromatic N) is 1. The molecule has 1 saturated heterocycles. The number of nitrogens with one attached hydrogen (secondary N) is 1. The standard InChI is InChI=1S/C14H18N2O3/c1-10(17)15-11-6-7-12(13(9-11)19-2)16-8-4-3-5-14(16)18/h6-7,9H,3-5,8H2,1-2H3,(H,15,17). The molecule has 102 valence electrons. The number of amides is 2. The molecule has 5 nitrogen and oxygen atoms in total. The van der Waals surface area contributed by atoms with E-state index in [-0.39, 0.29) is 11.8 Å². The van der Waals surface area contributed by atoms with Gasteiger partial charge in [-0.05, 0) is 25.0 Å². The first kappa shape index (κ1) is 13.4. The fraction of sp³-hybridized carbons (Fsp3) is 0.429. The van der Waals surface area contributed by atoms with E-state index in [9.17, 15) is 9.59 Å². The number of benzene rings is 1. The SMILES string of the molecule is COc1cc(NC(C)=O)ccc1N1CCCCC1=O. The summed E-state index contributed by atoms with van der Waals surface area (Å²) in [6.07, 6.45) is 2.53. The molecule has 1 aliphatic heterocycles. The van der Waals surface area contributed by atoms with Gasteiger partial charge in [0, 0.05) is 31.6 Å². The summed E-state index contributed by atoms with van der Waals surface area (Å²) < 4.78 is 5.32. The van der Waals surface area contributed by atoms with Crippen molar-refractivity contribution in [1.82, 2.24) is 0 Å². The van der Waals surface area contributed by atoms with Gasteiger partial charge >= 0.3 is 0 Å². The zero-order valence-electron chi connectivity index (χ0n) is 11.2. The molecule has 2 amide bonds. The number of piperidine rings is 1. The molecule has 19 heavy (non-hydrogen) atoms. The lowest BCUT2D eigenvalue weighted by Crippen LogP contribution is -2.35. The highest BCUT2D eigenvalue weighted by Crippen LogP contribution is 2.33. The molecule has 0 radical (unpaired) electrons. The number of hydrogen-bond donors (Lipinski definition) is 1. The van der Waals surface area contributed by atoms with Crippen molar-refractivity contribution in [3.8, 4) is 5.75 Å². The summed E-state index contributed by atoms with van der Waals surface area (Å²) in [6, 6.07) is 5.33. The summed E-state index contributed by atoms with van der Waals surface area (Å²) in [5, 5.41) is 2.70. The summed E-state index contributed by atoms with van der Waals surface area (Å²) in [4.78, 5) is 24.7. The molecule has 0 spiro atoms. The van der Waals surface area contributed by atoms with Gasteiger partial charge in [0.05, 0.1) is 12.8 Å². The van der Waals surface area contributed by atoms with E-state index < -0.39 is 0 Å². The van der Waals surface area contributed by atoms with Gasteiger partial charge in [-0.2, -0.15) is 0 Å².